The minimum Gasteiger partial charge on any atom is -0.379 e. The van der Waals surface area contributed by atoms with Crippen molar-refractivity contribution in [2.45, 2.75) is 31.2 Å². The van der Waals surface area contributed by atoms with Crippen molar-refractivity contribution in [1.82, 2.24) is 5.32 Å². The Morgan fingerprint density at radius 2 is 1.68 bits per heavy atom. The van der Waals surface area contributed by atoms with Gasteiger partial charge in [0, 0.05) is 23.6 Å². The average molecular weight is 327 g/mol. The van der Waals surface area contributed by atoms with Gasteiger partial charge in [0.25, 0.3) is 0 Å². The molecule has 3 aliphatic carbocycles. The SMILES string of the molecule is C1=CCC(C2=CCC(NC3=CCC(c4ccccc4)C=C3)C=C2)C=C1. The van der Waals surface area contributed by atoms with Crippen molar-refractivity contribution in [3.63, 3.8) is 0 Å². The summed E-state index contributed by atoms with van der Waals surface area (Å²) >= 11 is 0. The van der Waals surface area contributed by atoms with Crippen molar-refractivity contribution in [1.29, 1.82) is 0 Å². The van der Waals surface area contributed by atoms with E-state index in [2.05, 4.69) is 96.4 Å². The summed E-state index contributed by atoms with van der Waals surface area (Å²) in [7, 11) is 0. The first-order chi connectivity index (χ1) is 12.4. The lowest BCUT2D eigenvalue weighted by Gasteiger charge is -2.24. The molecular formula is C24H25N. The lowest BCUT2D eigenvalue weighted by molar-refractivity contribution is 0.657. The Morgan fingerprint density at radius 3 is 2.36 bits per heavy atom. The Balaban J connectivity index is 1.31. The molecule has 0 aliphatic heterocycles. The van der Waals surface area contributed by atoms with E-state index >= 15 is 0 Å². The predicted octanol–water partition coefficient (Wildman–Crippen LogP) is 5.59. The Bertz CT molecular complexity index is 774. The standard InChI is InChI=1S/C24H25N/c1-3-7-19(8-4-1)21-11-15-23(16-12-21)25-24-17-13-22(14-18-24)20-9-5-2-6-10-20/h1-9,11,13-17,20-21,24-25H,10,12,18H2. The van der Waals surface area contributed by atoms with Gasteiger partial charge in [-0.15, -0.1) is 0 Å². The predicted molar refractivity (Wildman–Crippen MR) is 106 cm³/mol. The van der Waals surface area contributed by atoms with E-state index in [4.69, 9.17) is 0 Å². The highest BCUT2D eigenvalue weighted by atomic mass is 14.9. The second-order valence-corrected chi connectivity index (χ2v) is 6.98. The number of hydrogen-bond donors (Lipinski definition) is 1. The van der Waals surface area contributed by atoms with Crippen LogP contribution in [0.5, 0.6) is 0 Å². The Hall–Kier alpha value is -2.54. The molecule has 0 heterocycles. The maximum absolute atomic E-state index is 3.66. The van der Waals surface area contributed by atoms with Crippen LogP contribution in [0.3, 0.4) is 0 Å². The summed E-state index contributed by atoms with van der Waals surface area (Å²) in [4.78, 5) is 0. The first-order valence-corrected chi connectivity index (χ1v) is 9.30. The van der Waals surface area contributed by atoms with Gasteiger partial charge in [0.15, 0.2) is 0 Å². The minimum absolute atomic E-state index is 0.399. The molecular weight excluding hydrogens is 302 g/mol. The summed E-state index contributed by atoms with van der Waals surface area (Å²) in [5.74, 6) is 1.06. The van der Waals surface area contributed by atoms with E-state index in [-0.39, 0.29) is 0 Å². The Labute approximate surface area is 150 Å². The van der Waals surface area contributed by atoms with Crippen molar-refractivity contribution in [3.05, 3.63) is 108 Å². The fourth-order valence-corrected chi connectivity index (χ4v) is 3.74. The highest BCUT2D eigenvalue weighted by Gasteiger charge is 2.16. The smallest absolute Gasteiger partial charge is 0.0482 e. The van der Waals surface area contributed by atoms with Gasteiger partial charge in [-0.1, -0.05) is 85.0 Å². The molecule has 126 valence electrons. The maximum atomic E-state index is 3.66. The van der Waals surface area contributed by atoms with Crippen LogP contribution in [-0.4, -0.2) is 6.04 Å². The molecule has 3 aliphatic rings. The topological polar surface area (TPSA) is 12.0 Å². The summed E-state index contributed by atoms with van der Waals surface area (Å²) < 4.78 is 0. The number of hydrogen-bond acceptors (Lipinski definition) is 1. The average Bonchev–Trinajstić information content (AvgIpc) is 2.71. The molecule has 1 aromatic rings. The first-order valence-electron chi connectivity index (χ1n) is 9.30. The third-order valence-corrected chi connectivity index (χ3v) is 5.22. The normalized spacial score (nSPS) is 27.8. The van der Waals surface area contributed by atoms with Gasteiger partial charge in [0.1, 0.15) is 0 Å². The second kappa shape index (κ2) is 7.57. The molecule has 0 bridgehead atoms. The van der Waals surface area contributed by atoms with Crippen LogP contribution >= 0.6 is 0 Å². The van der Waals surface area contributed by atoms with Crippen LogP contribution in [0.25, 0.3) is 0 Å². The molecule has 0 saturated heterocycles. The van der Waals surface area contributed by atoms with E-state index in [1.807, 2.05) is 0 Å². The molecule has 0 fully saturated rings. The van der Waals surface area contributed by atoms with Crippen LogP contribution in [0.4, 0.5) is 0 Å². The summed E-state index contributed by atoms with van der Waals surface area (Å²) in [5, 5.41) is 3.66. The van der Waals surface area contributed by atoms with Crippen molar-refractivity contribution in [3.8, 4) is 0 Å². The zero-order valence-corrected chi connectivity index (χ0v) is 14.5. The summed E-state index contributed by atoms with van der Waals surface area (Å²) in [5.41, 5.74) is 4.10. The zero-order chi connectivity index (χ0) is 16.9. The molecule has 3 unspecified atom stereocenters. The third-order valence-electron chi connectivity index (χ3n) is 5.22. The van der Waals surface area contributed by atoms with Crippen LogP contribution in [0.1, 0.15) is 30.7 Å². The van der Waals surface area contributed by atoms with E-state index in [9.17, 15) is 0 Å². The van der Waals surface area contributed by atoms with E-state index in [0.29, 0.717) is 17.9 Å². The van der Waals surface area contributed by atoms with E-state index < -0.39 is 0 Å². The number of allylic oxidation sites excluding steroid dienone is 9. The lowest BCUT2D eigenvalue weighted by Crippen LogP contribution is -2.27. The molecule has 25 heavy (non-hydrogen) atoms. The van der Waals surface area contributed by atoms with E-state index in [0.717, 1.165) is 19.3 Å². The van der Waals surface area contributed by atoms with Gasteiger partial charge >= 0.3 is 0 Å². The Kier molecular flexibility index (Phi) is 4.83. The van der Waals surface area contributed by atoms with Crippen LogP contribution in [0.2, 0.25) is 0 Å². The highest BCUT2D eigenvalue weighted by molar-refractivity contribution is 5.36. The van der Waals surface area contributed by atoms with Gasteiger partial charge in [0.2, 0.25) is 0 Å². The quantitative estimate of drug-likeness (QED) is 0.760. The first kappa shape index (κ1) is 16.0. The molecule has 1 N–H and O–H groups in total. The largest absolute Gasteiger partial charge is 0.379 e. The van der Waals surface area contributed by atoms with Crippen molar-refractivity contribution in [2.75, 3.05) is 0 Å². The van der Waals surface area contributed by atoms with Crippen LogP contribution in [0.15, 0.2) is 102 Å². The van der Waals surface area contributed by atoms with E-state index in [1.165, 1.54) is 16.8 Å². The zero-order valence-electron chi connectivity index (χ0n) is 14.5. The van der Waals surface area contributed by atoms with Crippen molar-refractivity contribution < 1.29 is 0 Å². The fourth-order valence-electron chi connectivity index (χ4n) is 3.74. The van der Waals surface area contributed by atoms with Gasteiger partial charge in [0.05, 0.1) is 0 Å². The molecule has 0 amide bonds. The van der Waals surface area contributed by atoms with Crippen molar-refractivity contribution >= 4 is 0 Å². The van der Waals surface area contributed by atoms with Gasteiger partial charge < -0.3 is 5.32 Å². The van der Waals surface area contributed by atoms with Gasteiger partial charge in [-0.3, -0.25) is 0 Å². The fraction of sp³-hybridized carbons (Fsp3) is 0.250. The van der Waals surface area contributed by atoms with Crippen LogP contribution in [0, 0.1) is 5.92 Å². The number of benzene rings is 1. The third kappa shape index (κ3) is 3.93. The minimum atomic E-state index is 0.399. The van der Waals surface area contributed by atoms with Gasteiger partial charge in [-0.2, -0.15) is 0 Å². The van der Waals surface area contributed by atoms with E-state index in [1.54, 1.807) is 0 Å². The maximum Gasteiger partial charge on any atom is 0.0482 e. The molecule has 0 saturated carbocycles. The molecule has 1 heteroatoms. The monoisotopic (exact) mass is 327 g/mol. The molecule has 1 aromatic carbocycles. The summed E-state index contributed by atoms with van der Waals surface area (Å²) in [6.45, 7) is 0. The van der Waals surface area contributed by atoms with Gasteiger partial charge in [-0.05, 0) is 36.5 Å². The molecule has 0 spiro atoms. The van der Waals surface area contributed by atoms with Crippen LogP contribution in [-0.2, 0) is 0 Å². The number of nitrogens with one attached hydrogen (secondary N) is 1. The summed E-state index contributed by atoms with van der Waals surface area (Å²) in [6.07, 6.45) is 26.0. The molecule has 3 atom stereocenters. The molecule has 0 aromatic heterocycles. The number of rotatable bonds is 4. The Morgan fingerprint density at radius 1 is 0.760 bits per heavy atom. The lowest BCUT2D eigenvalue weighted by atomic mass is 9.88. The van der Waals surface area contributed by atoms with Gasteiger partial charge in [-0.25, -0.2) is 0 Å². The molecule has 4 rings (SSSR count). The second-order valence-electron chi connectivity index (χ2n) is 6.98. The molecule has 0 radical (unpaired) electrons. The highest BCUT2D eigenvalue weighted by Crippen LogP contribution is 2.28. The van der Waals surface area contributed by atoms with Crippen molar-refractivity contribution in [2.24, 2.45) is 5.92 Å². The van der Waals surface area contributed by atoms with Crippen LogP contribution < -0.4 is 5.32 Å². The molecule has 1 nitrogen and oxygen atoms in total. The summed E-state index contributed by atoms with van der Waals surface area (Å²) in [6, 6.07) is 11.1.